The molecule has 3 aromatic carbocycles. The fourth-order valence-electron chi connectivity index (χ4n) is 4.21. The Morgan fingerprint density at radius 2 is 1.59 bits per heavy atom. The summed E-state index contributed by atoms with van der Waals surface area (Å²) in [6.45, 7) is 7.04. The summed E-state index contributed by atoms with van der Waals surface area (Å²) >= 11 is 0. The van der Waals surface area contributed by atoms with Crippen molar-refractivity contribution in [2.75, 3.05) is 20.8 Å². The lowest BCUT2D eigenvalue weighted by Gasteiger charge is -2.24. The second kappa shape index (κ2) is 12.0. The highest BCUT2D eigenvalue weighted by Gasteiger charge is 2.30. The number of carbonyl (C=O) groups is 1. The first-order chi connectivity index (χ1) is 17.6. The Morgan fingerprint density at radius 3 is 2.19 bits per heavy atom. The van der Waals surface area contributed by atoms with Crippen molar-refractivity contribution in [1.82, 2.24) is 9.73 Å². The minimum Gasteiger partial charge on any atom is -0.493 e. The maximum atomic E-state index is 13.8. The highest BCUT2D eigenvalue weighted by atomic mass is 32.2. The maximum absolute atomic E-state index is 13.8. The number of sulfonamides is 1. The number of aryl methyl sites for hydroxylation is 4. The second-order valence-electron chi connectivity index (χ2n) is 8.86. The van der Waals surface area contributed by atoms with Crippen molar-refractivity contribution in [1.29, 1.82) is 0 Å². The van der Waals surface area contributed by atoms with Crippen LogP contribution in [0.25, 0.3) is 0 Å². The van der Waals surface area contributed by atoms with Gasteiger partial charge in [0.25, 0.3) is 5.91 Å². The van der Waals surface area contributed by atoms with Crippen molar-refractivity contribution < 1.29 is 22.7 Å². The summed E-state index contributed by atoms with van der Waals surface area (Å²) < 4.78 is 39.5. The summed E-state index contributed by atoms with van der Waals surface area (Å²) in [5.41, 5.74) is 7.10. The molecule has 3 aromatic rings. The van der Waals surface area contributed by atoms with Gasteiger partial charge in [0.2, 0.25) is 10.0 Å². The van der Waals surface area contributed by atoms with E-state index in [4.69, 9.17) is 9.47 Å². The lowest BCUT2D eigenvalue weighted by Crippen LogP contribution is -2.39. The van der Waals surface area contributed by atoms with Crippen LogP contribution in [0.4, 0.5) is 0 Å². The number of para-hydroxylation sites is 1. The fraction of sp³-hybridized carbons (Fsp3) is 0.286. The summed E-state index contributed by atoms with van der Waals surface area (Å²) in [5, 5.41) is 4.02. The molecule has 0 aliphatic heterocycles. The summed E-state index contributed by atoms with van der Waals surface area (Å²) in [4.78, 5) is 13.1. The Balaban J connectivity index is 1.88. The molecule has 0 bridgehead atoms. The van der Waals surface area contributed by atoms with Gasteiger partial charge in [-0.25, -0.2) is 13.8 Å². The van der Waals surface area contributed by atoms with Crippen LogP contribution < -0.4 is 14.9 Å². The third kappa shape index (κ3) is 6.75. The Labute approximate surface area is 219 Å². The molecule has 0 radical (unpaired) electrons. The van der Waals surface area contributed by atoms with E-state index in [-0.39, 0.29) is 11.4 Å². The molecule has 0 spiro atoms. The van der Waals surface area contributed by atoms with E-state index < -0.39 is 22.5 Å². The van der Waals surface area contributed by atoms with E-state index in [1.807, 2.05) is 50.2 Å². The zero-order chi connectivity index (χ0) is 27.2. The van der Waals surface area contributed by atoms with E-state index in [9.17, 15) is 13.2 Å². The summed E-state index contributed by atoms with van der Waals surface area (Å²) in [7, 11) is -0.956. The lowest BCUT2D eigenvalue weighted by atomic mass is 10.1. The van der Waals surface area contributed by atoms with Crippen molar-refractivity contribution >= 4 is 22.1 Å². The van der Waals surface area contributed by atoms with Crippen LogP contribution in [0.1, 0.15) is 33.4 Å². The molecule has 9 heteroatoms. The molecule has 0 aliphatic rings. The first-order valence-corrected chi connectivity index (χ1v) is 13.2. The summed E-state index contributed by atoms with van der Waals surface area (Å²) in [6.07, 6.45) is 1.42. The zero-order valence-electron chi connectivity index (χ0n) is 22.0. The lowest BCUT2D eigenvalue weighted by molar-refractivity contribution is -0.121. The molecule has 0 heterocycles. The number of hydrogen-bond acceptors (Lipinski definition) is 6. The van der Waals surface area contributed by atoms with Gasteiger partial charge in [0.15, 0.2) is 11.5 Å². The van der Waals surface area contributed by atoms with Crippen molar-refractivity contribution in [2.45, 2.75) is 39.1 Å². The smallest absolute Gasteiger partial charge is 0.255 e. The number of hydrogen-bond donors (Lipinski definition) is 1. The normalized spacial score (nSPS) is 11.6. The van der Waals surface area contributed by atoms with Crippen LogP contribution in [0, 0.1) is 27.7 Å². The van der Waals surface area contributed by atoms with Crippen molar-refractivity contribution in [3.05, 3.63) is 88.0 Å². The maximum Gasteiger partial charge on any atom is 0.255 e. The topological polar surface area (TPSA) is 97.3 Å². The third-order valence-electron chi connectivity index (χ3n) is 5.83. The predicted molar refractivity (Wildman–Crippen MR) is 145 cm³/mol. The van der Waals surface area contributed by atoms with Crippen LogP contribution in [0.3, 0.4) is 0 Å². The van der Waals surface area contributed by atoms with Crippen LogP contribution in [-0.4, -0.2) is 45.6 Å². The first-order valence-electron chi connectivity index (χ1n) is 11.7. The molecule has 0 saturated carbocycles. The Hall–Kier alpha value is -3.69. The number of benzene rings is 3. The fourth-order valence-corrected chi connectivity index (χ4v) is 6.00. The molecule has 196 valence electrons. The first kappa shape index (κ1) is 27.9. The van der Waals surface area contributed by atoms with E-state index in [0.717, 1.165) is 16.7 Å². The highest BCUT2D eigenvalue weighted by Crippen LogP contribution is 2.29. The Kier molecular flexibility index (Phi) is 9.07. The molecule has 3 rings (SSSR count). The number of ether oxygens (including phenoxy) is 2. The number of rotatable bonds is 10. The van der Waals surface area contributed by atoms with Gasteiger partial charge in [-0.1, -0.05) is 53.6 Å². The van der Waals surface area contributed by atoms with Crippen LogP contribution in [0.2, 0.25) is 0 Å². The van der Waals surface area contributed by atoms with Crippen molar-refractivity contribution in [3.8, 4) is 11.5 Å². The average Bonchev–Trinajstić information content (AvgIpc) is 2.83. The van der Waals surface area contributed by atoms with Gasteiger partial charge in [-0.3, -0.25) is 4.79 Å². The number of nitrogens with one attached hydrogen (secondary N) is 1. The zero-order valence-corrected chi connectivity index (χ0v) is 22.8. The minimum absolute atomic E-state index is 0.0379. The highest BCUT2D eigenvalue weighted by molar-refractivity contribution is 7.89. The standard InChI is InChI=1S/C28H33N3O5S/c1-19-10-12-23(13-11-19)17-31(37(33,34)28-21(3)14-20(2)15-22(28)4)18-26(32)30-29-16-24-8-7-9-25(35-5)27(24)36-6/h7-16H,17-18H2,1-6H3,(H,30,32)/b29-16+. The number of hydrazone groups is 1. The van der Waals surface area contributed by atoms with Crippen LogP contribution >= 0.6 is 0 Å². The van der Waals surface area contributed by atoms with Crippen LogP contribution in [-0.2, 0) is 21.4 Å². The molecule has 0 atom stereocenters. The molecule has 0 unspecified atom stereocenters. The molecular formula is C28H33N3O5S. The number of nitrogens with zero attached hydrogens (tertiary/aromatic N) is 2. The quantitative estimate of drug-likeness (QED) is 0.316. The summed E-state index contributed by atoms with van der Waals surface area (Å²) in [6, 6.07) is 16.5. The molecule has 0 saturated heterocycles. The van der Waals surface area contributed by atoms with E-state index in [1.165, 1.54) is 24.7 Å². The van der Waals surface area contributed by atoms with E-state index in [1.54, 1.807) is 32.0 Å². The number of methoxy groups -OCH3 is 2. The molecule has 0 aromatic heterocycles. The van der Waals surface area contributed by atoms with E-state index >= 15 is 0 Å². The van der Waals surface area contributed by atoms with Gasteiger partial charge in [-0.2, -0.15) is 9.41 Å². The monoisotopic (exact) mass is 523 g/mol. The predicted octanol–water partition coefficient (Wildman–Crippen LogP) is 4.28. The van der Waals surface area contributed by atoms with E-state index in [0.29, 0.717) is 28.2 Å². The number of carbonyl (C=O) groups excluding carboxylic acids is 1. The number of amides is 1. The van der Waals surface area contributed by atoms with Gasteiger partial charge >= 0.3 is 0 Å². The van der Waals surface area contributed by atoms with Crippen molar-refractivity contribution in [3.63, 3.8) is 0 Å². The van der Waals surface area contributed by atoms with Gasteiger partial charge in [0, 0.05) is 12.1 Å². The van der Waals surface area contributed by atoms with E-state index in [2.05, 4.69) is 10.5 Å². The van der Waals surface area contributed by atoms with Gasteiger partial charge < -0.3 is 9.47 Å². The van der Waals surface area contributed by atoms with Gasteiger partial charge in [0.05, 0.1) is 31.9 Å². The van der Waals surface area contributed by atoms with Gasteiger partial charge in [-0.05, 0) is 56.5 Å². The minimum atomic E-state index is -4.00. The summed E-state index contributed by atoms with van der Waals surface area (Å²) in [5.74, 6) is 0.421. The Bertz CT molecular complexity index is 1380. The molecule has 37 heavy (non-hydrogen) atoms. The Morgan fingerprint density at radius 1 is 0.946 bits per heavy atom. The van der Waals surface area contributed by atoms with Crippen LogP contribution in [0.15, 0.2) is 64.6 Å². The van der Waals surface area contributed by atoms with Crippen molar-refractivity contribution in [2.24, 2.45) is 5.10 Å². The molecule has 0 aliphatic carbocycles. The molecule has 0 fully saturated rings. The molecular weight excluding hydrogens is 490 g/mol. The van der Waals surface area contributed by atoms with Crippen LogP contribution in [0.5, 0.6) is 11.5 Å². The molecule has 1 amide bonds. The molecule has 1 N–H and O–H groups in total. The SMILES string of the molecule is COc1cccc(/C=N/NC(=O)CN(Cc2ccc(C)cc2)S(=O)(=O)c2c(C)cc(C)cc2C)c1OC. The largest absolute Gasteiger partial charge is 0.493 e. The average molecular weight is 524 g/mol. The second-order valence-corrected chi connectivity index (χ2v) is 10.7. The third-order valence-corrected chi connectivity index (χ3v) is 7.93. The molecule has 8 nitrogen and oxygen atoms in total. The van der Waals surface area contributed by atoms with Gasteiger partial charge in [0.1, 0.15) is 0 Å². The van der Waals surface area contributed by atoms with Gasteiger partial charge in [-0.15, -0.1) is 0 Å².